The van der Waals surface area contributed by atoms with Gasteiger partial charge in [-0.1, -0.05) is 38.1 Å². The SMILES string of the molecule is CC(C)CC(=O)N1CCc2cc(CNC(=O)CSCc3ccc(F)cc3)ccc21. The Morgan fingerprint density at radius 3 is 2.59 bits per heavy atom. The summed E-state index contributed by atoms with van der Waals surface area (Å²) in [7, 11) is 0. The van der Waals surface area contributed by atoms with Gasteiger partial charge < -0.3 is 10.2 Å². The van der Waals surface area contributed by atoms with Crippen LogP contribution in [0.5, 0.6) is 0 Å². The third-order valence-corrected chi connectivity index (χ3v) is 5.83. The maximum atomic E-state index is 12.9. The van der Waals surface area contributed by atoms with E-state index in [2.05, 4.69) is 25.2 Å². The highest BCUT2D eigenvalue weighted by atomic mass is 32.2. The van der Waals surface area contributed by atoms with Gasteiger partial charge in [0.25, 0.3) is 0 Å². The lowest BCUT2D eigenvalue weighted by Crippen LogP contribution is -2.29. The van der Waals surface area contributed by atoms with Crippen LogP contribution in [0.3, 0.4) is 0 Å². The van der Waals surface area contributed by atoms with E-state index in [0.717, 1.165) is 29.8 Å². The number of halogens is 1. The molecule has 0 aromatic heterocycles. The molecule has 2 aromatic carbocycles. The molecule has 29 heavy (non-hydrogen) atoms. The Labute approximate surface area is 175 Å². The first-order valence-corrected chi connectivity index (χ1v) is 11.1. The van der Waals surface area contributed by atoms with Crippen molar-refractivity contribution in [1.29, 1.82) is 0 Å². The van der Waals surface area contributed by atoms with Gasteiger partial charge in [-0.2, -0.15) is 0 Å². The van der Waals surface area contributed by atoms with E-state index in [1.807, 2.05) is 17.0 Å². The number of hydrogen-bond acceptors (Lipinski definition) is 3. The molecule has 1 aliphatic heterocycles. The van der Waals surface area contributed by atoms with Crippen molar-refractivity contribution in [3.63, 3.8) is 0 Å². The zero-order valence-corrected chi connectivity index (χ0v) is 17.7. The molecule has 0 spiro atoms. The lowest BCUT2D eigenvalue weighted by atomic mass is 10.1. The summed E-state index contributed by atoms with van der Waals surface area (Å²) in [6.07, 6.45) is 1.42. The number of fused-ring (bicyclic) bond motifs is 1. The van der Waals surface area contributed by atoms with Crippen molar-refractivity contribution in [3.05, 3.63) is 65.0 Å². The summed E-state index contributed by atoms with van der Waals surface area (Å²) >= 11 is 1.51. The Hall–Kier alpha value is -2.34. The quantitative estimate of drug-likeness (QED) is 0.700. The molecule has 3 rings (SSSR count). The fraction of sp³-hybridized carbons (Fsp3) is 0.391. The summed E-state index contributed by atoms with van der Waals surface area (Å²) in [5.74, 6) is 1.29. The lowest BCUT2D eigenvalue weighted by Gasteiger charge is -2.18. The highest BCUT2D eigenvalue weighted by Gasteiger charge is 2.25. The first-order valence-electron chi connectivity index (χ1n) is 9.93. The Morgan fingerprint density at radius 1 is 1.14 bits per heavy atom. The molecule has 0 fully saturated rings. The van der Waals surface area contributed by atoms with E-state index in [-0.39, 0.29) is 17.6 Å². The van der Waals surface area contributed by atoms with Crippen LogP contribution < -0.4 is 10.2 Å². The standard InChI is InChI=1S/C23H27FN2O2S/c1-16(2)11-23(28)26-10-9-19-12-18(5-8-21(19)26)13-25-22(27)15-29-14-17-3-6-20(24)7-4-17/h3-8,12,16H,9-11,13-15H2,1-2H3,(H,25,27). The predicted molar refractivity (Wildman–Crippen MR) is 116 cm³/mol. The van der Waals surface area contributed by atoms with Crippen LogP contribution in [0, 0.1) is 11.7 Å². The Morgan fingerprint density at radius 2 is 1.86 bits per heavy atom. The molecule has 0 saturated heterocycles. The maximum Gasteiger partial charge on any atom is 0.230 e. The van der Waals surface area contributed by atoms with Gasteiger partial charge in [0.15, 0.2) is 0 Å². The molecule has 0 atom stereocenters. The van der Waals surface area contributed by atoms with Crippen molar-refractivity contribution in [1.82, 2.24) is 5.32 Å². The van der Waals surface area contributed by atoms with E-state index in [4.69, 9.17) is 0 Å². The molecule has 4 nitrogen and oxygen atoms in total. The van der Waals surface area contributed by atoms with E-state index in [9.17, 15) is 14.0 Å². The smallest absolute Gasteiger partial charge is 0.230 e. The van der Waals surface area contributed by atoms with Gasteiger partial charge in [-0.3, -0.25) is 9.59 Å². The van der Waals surface area contributed by atoms with Crippen molar-refractivity contribution in [3.8, 4) is 0 Å². The summed E-state index contributed by atoms with van der Waals surface area (Å²) in [5, 5.41) is 2.95. The average molecular weight is 415 g/mol. The summed E-state index contributed by atoms with van der Waals surface area (Å²) in [6, 6.07) is 12.4. The number of thioether (sulfide) groups is 1. The molecule has 0 radical (unpaired) electrons. The van der Waals surface area contributed by atoms with Crippen molar-refractivity contribution < 1.29 is 14.0 Å². The van der Waals surface area contributed by atoms with Crippen LogP contribution in [0.4, 0.5) is 10.1 Å². The molecule has 0 saturated carbocycles. The minimum absolute atomic E-state index is 0.0219. The van der Waals surface area contributed by atoms with Crippen LogP contribution in [0.25, 0.3) is 0 Å². The second-order valence-corrected chi connectivity index (χ2v) is 8.74. The number of carbonyl (C=O) groups excluding carboxylic acids is 2. The fourth-order valence-corrected chi connectivity index (χ4v) is 4.20. The predicted octanol–water partition coefficient (Wildman–Crippen LogP) is 4.31. The van der Waals surface area contributed by atoms with Crippen LogP contribution in [-0.2, 0) is 28.3 Å². The van der Waals surface area contributed by atoms with Crippen molar-refractivity contribution in [2.75, 3.05) is 17.2 Å². The zero-order chi connectivity index (χ0) is 20.8. The average Bonchev–Trinajstić information content (AvgIpc) is 3.11. The van der Waals surface area contributed by atoms with Crippen molar-refractivity contribution in [2.24, 2.45) is 5.92 Å². The van der Waals surface area contributed by atoms with Gasteiger partial charge in [0.1, 0.15) is 5.82 Å². The molecule has 0 bridgehead atoms. The highest BCUT2D eigenvalue weighted by Crippen LogP contribution is 2.30. The van der Waals surface area contributed by atoms with Gasteiger partial charge in [-0.25, -0.2) is 4.39 Å². The molecule has 154 valence electrons. The van der Waals surface area contributed by atoms with E-state index in [1.54, 1.807) is 12.1 Å². The third-order valence-electron chi connectivity index (χ3n) is 4.83. The molecule has 6 heteroatoms. The number of hydrogen-bond donors (Lipinski definition) is 1. The Kier molecular flexibility index (Phi) is 7.31. The number of amides is 2. The van der Waals surface area contributed by atoms with Crippen molar-refractivity contribution in [2.45, 2.75) is 39.0 Å². The van der Waals surface area contributed by atoms with Gasteiger partial charge in [0, 0.05) is 31.0 Å². The highest BCUT2D eigenvalue weighted by molar-refractivity contribution is 7.99. The molecule has 2 aromatic rings. The van der Waals surface area contributed by atoms with Gasteiger partial charge in [-0.05, 0) is 47.2 Å². The number of anilines is 1. The minimum Gasteiger partial charge on any atom is -0.351 e. The van der Waals surface area contributed by atoms with Crippen LogP contribution in [0.1, 0.15) is 37.0 Å². The van der Waals surface area contributed by atoms with Crippen LogP contribution in [0.2, 0.25) is 0 Å². The lowest BCUT2D eigenvalue weighted by molar-refractivity contribution is -0.119. The summed E-state index contributed by atoms with van der Waals surface area (Å²) in [4.78, 5) is 26.4. The van der Waals surface area contributed by atoms with Gasteiger partial charge >= 0.3 is 0 Å². The molecule has 1 heterocycles. The number of carbonyl (C=O) groups is 2. The zero-order valence-electron chi connectivity index (χ0n) is 16.9. The molecular weight excluding hydrogens is 387 g/mol. The summed E-state index contributed by atoms with van der Waals surface area (Å²) in [5.41, 5.74) is 4.21. The first kappa shape index (κ1) is 21.4. The Bertz CT molecular complexity index is 868. The van der Waals surface area contributed by atoms with Gasteiger partial charge in [0.05, 0.1) is 5.75 Å². The van der Waals surface area contributed by atoms with Crippen LogP contribution in [-0.4, -0.2) is 24.1 Å². The summed E-state index contributed by atoms with van der Waals surface area (Å²) in [6.45, 7) is 5.32. The van der Waals surface area contributed by atoms with Crippen LogP contribution >= 0.6 is 11.8 Å². The third kappa shape index (κ3) is 6.07. The van der Waals surface area contributed by atoms with E-state index in [1.165, 1.54) is 29.5 Å². The second-order valence-electron chi connectivity index (χ2n) is 7.75. The van der Waals surface area contributed by atoms with Crippen molar-refractivity contribution >= 4 is 29.3 Å². The van der Waals surface area contributed by atoms with E-state index < -0.39 is 0 Å². The van der Waals surface area contributed by atoms with Crippen LogP contribution in [0.15, 0.2) is 42.5 Å². The summed E-state index contributed by atoms with van der Waals surface area (Å²) < 4.78 is 12.9. The number of nitrogens with one attached hydrogen (secondary N) is 1. The number of rotatable bonds is 8. The Balaban J connectivity index is 1.46. The molecule has 2 amide bonds. The largest absolute Gasteiger partial charge is 0.351 e. The van der Waals surface area contributed by atoms with E-state index in [0.29, 0.717) is 30.4 Å². The molecule has 0 aliphatic carbocycles. The number of nitrogens with zero attached hydrogens (tertiary/aromatic N) is 1. The monoisotopic (exact) mass is 414 g/mol. The first-order chi connectivity index (χ1) is 13.9. The fourth-order valence-electron chi connectivity index (χ4n) is 3.38. The number of benzene rings is 2. The molecule has 0 unspecified atom stereocenters. The van der Waals surface area contributed by atoms with E-state index >= 15 is 0 Å². The maximum absolute atomic E-state index is 12.9. The minimum atomic E-state index is -0.252. The van der Waals surface area contributed by atoms with Gasteiger partial charge in [0.2, 0.25) is 11.8 Å². The normalized spacial score (nSPS) is 12.9. The molecular formula is C23H27FN2O2S. The van der Waals surface area contributed by atoms with Gasteiger partial charge in [-0.15, -0.1) is 11.8 Å². The molecule has 1 aliphatic rings. The second kappa shape index (κ2) is 9.92. The topological polar surface area (TPSA) is 49.4 Å². The molecule has 1 N–H and O–H groups in total.